The zero-order valence-corrected chi connectivity index (χ0v) is 11.5. The van der Waals surface area contributed by atoms with E-state index in [-0.39, 0.29) is 19.1 Å². The molecule has 0 aliphatic rings. The number of carbonyl (C=O) groups excluding carboxylic acids is 1. The number of para-hydroxylation sites is 1. The summed E-state index contributed by atoms with van der Waals surface area (Å²) in [5.41, 5.74) is 0.659. The summed E-state index contributed by atoms with van der Waals surface area (Å²) < 4.78 is 6.18. The summed E-state index contributed by atoms with van der Waals surface area (Å²) in [5.74, 6) is 0.431. The van der Waals surface area contributed by atoms with Crippen molar-refractivity contribution in [3.63, 3.8) is 0 Å². The van der Waals surface area contributed by atoms with E-state index in [4.69, 9.17) is 9.84 Å². The summed E-state index contributed by atoms with van der Waals surface area (Å²) in [6.07, 6.45) is 0. The van der Waals surface area contributed by atoms with Crippen LogP contribution in [0, 0.1) is 0 Å². The lowest BCUT2D eigenvalue weighted by Gasteiger charge is -2.16. The average molecular weight is 302 g/mol. The van der Waals surface area contributed by atoms with Crippen LogP contribution in [0.3, 0.4) is 0 Å². The molecule has 5 heteroatoms. The molecular weight excluding hydrogens is 286 g/mol. The van der Waals surface area contributed by atoms with Gasteiger partial charge in [0.2, 0.25) is 0 Å². The first kappa shape index (κ1) is 14.0. The predicted octanol–water partition coefficient (Wildman–Crippen LogP) is 1.80. The fourth-order valence-electron chi connectivity index (χ4n) is 1.26. The Labute approximate surface area is 109 Å². The van der Waals surface area contributed by atoms with E-state index in [2.05, 4.69) is 15.9 Å². The van der Waals surface area contributed by atoms with Crippen molar-refractivity contribution < 1.29 is 14.6 Å². The SMILES string of the molecule is CCN(C)C(=O)COc1c(Br)cccc1CO. The molecule has 0 aromatic heterocycles. The van der Waals surface area contributed by atoms with Crippen LogP contribution in [0.4, 0.5) is 0 Å². The molecule has 1 amide bonds. The number of benzene rings is 1. The van der Waals surface area contributed by atoms with Crippen LogP contribution in [-0.4, -0.2) is 36.1 Å². The van der Waals surface area contributed by atoms with E-state index < -0.39 is 0 Å². The minimum atomic E-state index is -0.118. The molecule has 1 aromatic rings. The molecular formula is C12H16BrNO3. The minimum absolute atomic E-state index is 0.0278. The molecule has 94 valence electrons. The molecule has 0 saturated carbocycles. The van der Waals surface area contributed by atoms with Gasteiger partial charge in [0.15, 0.2) is 6.61 Å². The quantitative estimate of drug-likeness (QED) is 0.902. The van der Waals surface area contributed by atoms with Crippen molar-refractivity contribution in [1.82, 2.24) is 4.90 Å². The number of aliphatic hydroxyl groups excluding tert-OH is 1. The second-order valence-corrected chi connectivity index (χ2v) is 4.44. The number of nitrogens with zero attached hydrogens (tertiary/aromatic N) is 1. The van der Waals surface area contributed by atoms with Crippen molar-refractivity contribution in [3.8, 4) is 5.75 Å². The van der Waals surface area contributed by atoms with Gasteiger partial charge in [-0.05, 0) is 28.9 Å². The Bertz CT molecular complexity index is 395. The summed E-state index contributed by atoms with van der Waals surface area (Å²) in [6.45, 7) is 2.40. The number of aliphatic hydroxyl groups is 1. The van der Waals surface area contributed by atoms with Gasteiger partial charge < -0.3 is 14.7 Å². The van der Waals surface area contributed by atoms with E-state index in [0.717, 1.165) is 4.47 Å². The molecule has 1 aromatic carbocycles. The number of carbonyl (C=O) groups is 1. The monoisotopic (exact) mass is 301 g/mol. The van der Waals surface area contributed by atoms with Gasteiger partial charge in [-0.25, -0.2) is 0 Å². The van der Waals surface area contributed by atoms with Gasteiger partial charge in [-0.1, -0.05) is 12.1 Å². The van der Waals surface area contributed by atoms with E-state index >= 15 is 0 Å². The Kier molecular flexibility index (Phi) is 5.44. The summed E-state index contributed by atoms with van der Waals surface area (Å²) in [4.78, 5) is 13.2. The topological polar surface area (TPSA) is 49.8 Å². The van der Waals surface area contributed by atoms with Crippen LogP contribution in [0.15, 0.2) is 22.7 Å². The molecule has 4 nitrogen and oxygen atoms in total. The second-order valence-electron chi connectivity index (χ2n) is 3.58. The molecule has 0 unspecified atom stereocenters. The van der Waals surface area contributed by atoms with Crippen molar-refractivity contribution in [2.45, 2.75) is 13.5 Å². The van der Waals surface area contributed by atoms with E-state index in [9.17, 15) is 4.79 Å². The molecule has 0 radical (unpaired) electrons. The van der Waals surface area contributed by atoms with Crippen LogP contribution < -0.4 is 4.74 Å². The predicted molar refractivity (Wildman–Crippen MR) is 68.9 cm³/mol. The third-order valence-corrected chi connectivity index (χ3v) is 3.08. The molecule has 0 aliphatic heterocycles. The highest BCUT2D eigenvalue weighted by Crippen LogP contribution is 2.29. The lowest BCUT2D eigenvalue weighted by atomic mass is 10.2. The van der Waals surface area contributed by atoms with E-state index in [1.165, 1.54) is 0 Å². The number of hydrogen-bond donors (Lipinski definition) is 1. The van der Waals surface area contributed by atoms with Crippen LogP contribution in [0.25, 0.3) is 0 Å². The lowest BCUT2D eigenvalue weighted by molar-refractivity contribution is -0.131. The van der Waals surface area contributed by atoms with Crippen molar-refractivity contribution in [2.75, 3.05) is 20.2 Å². The highest BCUT2D eigenvalue weighted by Gasteiger charge is 2.11. The molecule has 0 fully saturated rings. The van der Waals surface area contributed by atoms with Gasteiger partial charge in [0.25, 0.3) is 5.91 Å². The van der Waals surface area contributed by atoms with Gasteiger partial charge in [-0.3, -0.25) is 4.79 Å². The maximum Gasteiger partial charge on any atom is 0.260 e. The second kappa shape index (κ2) is 6.61. The molecule has 0 heterocycles. The van der Waals surface area contributed by atoms with Crippen molar-refractivity contribution in [1.29, 1.82) is 0 Å². The molecule has 1 N–H and O–H groups in total. The minimum Gasteiger partial charge on any atom is -0.482 e. The molecule has 0 bridgehead atoms. The van der Waals surface area contributed by atoms with Crippen LogP contribution in [0.2, 0.25) is 0 Å². The van der Waals surface area contributed by atoms with Crippen LogP contribution >= 0.6 is 15.9 Å². The third-order valence-electron chi connectivity index (χ3n) is 2.46. The zero-order chi connectivity index (χ0) is 12.8. The Hall–Kier alpha value is -1.07. The number of likely N-dealkylation sites (N-methyl/N-ethyl adjacent to an activating group) is 1. The molecule has 0 aliphatic carbocycles. The average Bonchev–Trinajstić information content (AvgIpc) is 2.35. The molecule has 0 atom stereocenters. The number of halogens is 1. The fraction of sp³-hybridized carbons (Fsp3) is 0.417. The van der Waals surface area contributed by atoms with Gasteiger partial charge >= 0.3 is 0 Å². The first-order chi connectivity index (χ1) is 8.10. The summed E-state index contributed by atoms with van der Waals surface area (Å²) in [7, 11) is 1.72. The number of amides is 1. The fourth-order valence-corrected chi connectivity index (χ4v) is 1.78. The Morgan fingerprint density at radius 2 is 2.24 bits per heavy atom. The van der Waals surface area contributed by atoms with Crippen molar-refractivity contribution in [2.24, 2.45) is 0 Å². The summed E-state index contributed by atoms with van der Waals surface area (Å²) in [6, 6.07) is 5.37. The Morgan fingerprint density at radius 1 is 1.53 bits per heavy atom. The van der Waals surface area contributed by atoms with Gasteiger partial charge in [-0.15, -0.1) is 0 Å². The molecule has 0 spiro atoms. The number of rotatable bonds is 5. The van der Waals surface area contributed by atoms with Crippen LogP contribution in [0.5, 0.6) is 5.75 Å². The highest BCUT2D eigenvalue weighted by molar-refractivity contribution is 9.10. The molecule has 17 heavy (non-hydrogen) atoms. The summed E-state index contributed by atoms with van der Waals surface area (Å²) >= 11 is 3.33. The summed E-state index contributed by atoms with van der Waals surface area (Å²) in [5, 5.41) is 9.17. The normalized spacial score (nSPS) is 10.1. The maximum absolute atomic E-state index is 11.6. The Morgan fingerprint density at radius 3 is 2.82 bits per heavy atom. The van der Waals surface area contributed by atoms with Crippen LogP contribution in [-0.2, 0) is 11.4 Å². The third kappa shape index (κ3) is 3.71. The zero-order valence-electron chi connectivity index (χ0n) is 9.94. The van der Waals surface area contributed by atoms with Gasteiger partial charge in [0.1, 0.15) is 5.75 Å². The van der Waals surface area contributed by atoms with Gasteiger partial charge in [0.05, 0.1) is 11.1 Å². The van der Waals surface area contributed by atoms with Gasteiger partial charge in [0, 0.05) is 19.2 Å². The number of ether oxygens (including phenoxy) is 1. The van der Waals surface area contributed by atoms with E-state index in [0.29, 0.717) is 17.9 Å². The largest absolute Gasteiger partial charge is 0.482 e. The molecule has 0 saturated heterocycles. The molecule has 1 rings (SSSR count). The standard InChI is InChI=1S/C12H16BrNO3/c1-3-14(2)11(16)8-17-12-9(7-15)5-4-6-10(12)13/h4-6,15H,3,7-8H2,1-2H3. The van der Waals surface area contributed by atoms with E-state index in [1.54, 1.807) is 18.0 Å². The first-order valence-corrected chi connectivity index (χ1v) is 6.14. The Balaban J connectivity index is 2.72. The maximum atomic E-state index is 11.6. The van der Waals surface area contributed by atoms with Crippen LogP contribution in [0.1, 0.15) is 12.5 Å². The van der Waals surface area contributed by atoms with Crippen molar-refractivity contribution >= 4 is 21.8 Å². The van der Waals surface area contributed by atoms with E-state index in [1.807, 2.05) is 19.1 Å². The first-order valence-electron chi connectivity index (χ1n) is 5.35. The number of hydrogen-bond acceptors (Lipinski definition) is 3. The van der Waals surface area contributed by atoms with Crippen molar-refractivity contribution in [3.05, 3.63) is 28.2 Å². The highest BCUT2D eigenvalue weighted by atomic mass is 79.9. The smallest absolute Gasteiger partial charge is 0.260 e. The lowest BCUT2D eigenvalue weighted by Crippen LogP contribution is -2.31. The van der Waals surface area contributed by atoms with Gasteiger partial charge in [-0.2, -0.15) is 0 Å².